The Morgan fingerprint density at radius 2 is 2.23 bits per heavy atom. The van der Waals surface area contributed by atoms with Gasteiger partial charge >= 0.3 is 0 Å². The molecule has 0 radical (unpaired) electrons. The van der Waals surface area contributed by atoms with Gasteiger partial charge in [0.15, 0.2) is 11.4 Å². The van der Waals surface area contributed by atoms with Crippen LogP contribution in [0.3, 0.4) is 0 Å². The van der Waals surface area contributed by atoms with Crippen molar-refractivity contribution in [1.82, 2.24) is 0 Å². The molecule has 0 saturated heterocycles. The monoisotopic (exact) mass is 179 g/mol. The van der Waals surface area contributed by atoms with E-state index in [1.165, 1.54) is 6.07 Å². The maximum atomic E-state index is 13.1. The van der Waals surface area contributed by atoms with Crippen LogP contribution in [0.4, 0.5) is 4.39 Å². The Bertz CT molecular complexity index is 422. The Hall–Kier alpha value is -1.35. The number of hydrogen-bond donors (Lipinski definition) is 1. The second kappa shape index (κ2) is 3.18. The van der Waals surface area contributed by atoms with E-state index >= 15 is 0 Å². The number of benzene rings is 1. The molecule has 0 bridgehead atoms. The second-order valence-corrected chi connectivity index (χ2v) is 2.92. The van der Waals surface area contributed by atoms with Gasteiger partial charge in [0.1, 0.15) is 0 Å². The van der Waals surface area contributed by atoms with Gasteiger partial charge in [-0.25, -0.2) is 4.39 Å². The fourth-order valence-corrected chi connectivity index (χ4v) is 1.42. The zero-order valence-corrected chi connectivity index (χ0v) is 7.09. The zero-order valence-electron chi connectivity index (χ0n) is 7.09. The summed E-state index contributed by atoms with van der Waals surface area (Å²) in [5.41, 5.74) is 6.71. The van der Waals surface area contributed by atoms with Gasteiger partial charge in [0, 0.05) is 5.39 Å². The average Bonchev–Trinajstić information content (AvgIpc) is 2.51. The van der Waals surface area contributed by atoms with Crippen molar-refractivity contribution >= 4 is 11.0 Å². The molecule has 0 atom stereocenters. The molecule has 2 N–H and O–H groups in total. The maximum absolute atomic E-state index is 13.1. The number of nitrogens with two attached hydrogens (primary N) is 1. The summed E-state index contributed by atoms with van der Waals surface area (Å²) in [7, 11) is 0. The highest BCUT2D eigenvalue weighted by atomic mass is 19.1. The molecule has 0 aliphatic heterocycles. The molecule has 68 valence electrons. The van der Waals surface area contributed by atoms with Gasteiger partial charge in [-0.15, -0.1) is 0 Å². The Morgan fingerprint density at radius 1 is 1.38 bits per heavy atom. The van der Waals surface area contributed by atoms with E-state index in [0.29, 0.717) is 12.1 Å². The number of halogens is 1. The van der Waals surface area contributed by atoms with Crippen molar-refractivity contribution in [2.75, 3.05) is 6.54 Å². The Labute approximate surface area is 75.1 Å². The van der Waals surface area contributed by atoms with Crippen LogP contribution < -0.4 is 5.73 Å². The minimum absolute atomic E-state index is 0.319. The van der Waals surface area contributed by atoms with E-state index < -0.39 is 0 Å². The molecule has 0 spiro atoms. The molecule has 1 heterocycles. The minimum atomic E-state index is -0.319. The largest absolute Gasteiger partial charge is 0.461 e. The third-order valence-electron chi connectivity index (χ3n) is 2.05. The number of rotatable bonds is 2. The predicted molar refractivity (Wildman–Crippen MR) is 48.9 cm³/mol. The number of fused-ring (bicyclic) bond motifs is 1. The molecule has 0 saturated carbocycles. The van der Waals surface area contributed by atoms with E-state index in [4.69, 9.17) is 10.2 Å². The van der Waals surface area contributed by atoms with Gasteiger partial charge in [-0.05, 0) is 24.6 Å². The van der Waals surface area contributed by atoms with E-state index in [-0.39, 0.29) is 5.82 Å². The Morgan fingerprint density at radius 3 is 3.00 bits per heavy atom. The smallest absolute Gasteiger partial charge is 0.169 e. The number of para-hydroxylation sites is 1. The van der Waals surface area contributed by atoms with Crippen molar-refractivity contribution in [2.24, 2.45) is 5.73 Å². The van der Waals surface area contributed by atoms with Gasteiger partial charge in [0.25, 0.3) is 0 Å². The van der Waals surface area contributed by atoms with Crippen LogP contribution in [0.1, 0.15) is 5.56 Å². The van der Waals surface area contributed by atoms with Crippen molar-refractivity contribution in [1.29, 1.82) is 0 Å². The number of hydrogen-bond acceptors (Lipinski definition) is 2. The van der Waals surface area contributed by atoms with E-state index in [1.807, 2.05) is 6.07 Å². The summed E-state index contributed by atoms with van der Waals surface area (Å²) in [6, 6.07) is 4.90. The molecule has 1 aromatic carbocycles. The van der Waals surface area contributed by atoms with Crippen molar-refractivity contribution < 1.29 is 8.81 Å². The normalized spacial score (nSPS) is 10.9. The minimum Gasteiger partial charge on any atom is -0.461 e. The Balaban J connectivity index is 2.61. The SMILES string of the molecule is NCCc1coc2c(F)cccc12. The van der Waals surface area contributed by atoms with Crippen LogP contribution in [0.2, 0.25) is 0 Å². The molecular formula is C10H10FNO. The second-order valence-electron chi connectivity index (χ2n) is 2.92. The van der Waals surface area contributed by atoms with E-state index in [0.717, 1.165) is 17.4 Å². The maximum Gasteiger partial charge on any atom is 0.169 e. The van der Waals surface area contributed by atoms with Gasteiger partial charge in [-0.1, -0.05) is 12.1 Å². The van der Waals surface area contributed by atoms with E-state index in [1.54, 1.807) is 12.3 Å². The third kappa shape index (κ3) is 1.31. The lowest BCUT2D eigenvalue weighted by Crippen LogP contribution is -2.01. The molecule has 0 unspecified atom stereocenters. The third-order valence-corrected chi connectivity index (χ3v) is 2.05. The highest BCUT2D eigenvalue weighted by Crippen LogP contribution is 2.23. The van der Waals surface area contributed by atoms with Crippen LogP contribution in [0.25, 0.3) is 11.0 Å². The van der Waals surface area contributed by atoms with Crippen LogP contribution in [-0.4, -0.2) is 6.54 Å². The molecule has 0 aliphatic rings. The first-order valence-electron chi connectivity index (χ1n) is 4.17. The molecule has 1 aromatic heterocycles. The summed E-state index contributed by atoms with van der Waals surface area (Å²) in [6.45, 7) is 0.547. The van der Waals surface area contributed by atoms with Gasteiger partial charge in [0.05, 0.1) is 6.26 Å². The quantitative estimate of drug-likeness (QED) is 0.766. The lowest BCUT2D eigenvalue weighted by molar-refractivity contribution is 0.558. The van der Waals surface area contributed by atoms with Gasteiger partial charge in [-0.3, -0.25) is 0 Å². The van der Waals surface area contributed by atoms with Crippen LogP contribution >= 0.6 is 0 Å². The molecule has 3 heteroatoms. The van der Waals surface area contributed by atoms with Gasteiger partial charge in [-0.2, -0.15) is 0 Å². The van der Waals surface area contributed by atoms with Crippen molar-refractivity contribution in [3.63, 3.8) is 0 Å². The molecule has 2 rings (SSSR count). The zero-order chi connectivity index (χ0) is 9.26. The molecule has 2 nitrogen and oxygen atoms in total. The van der Waals surface area contributed by atoms with Gasteiger partial charge in [0.2, 0.25) is 0 Å². The summed E-state index contributed by atoms with van der Waals surface area (Å²) in [6.07, 6.45) is 2.29. The molecular weight excluding hydrogens is 169 g/mol. The van der Waals surface area contributed by atoms with Crippen LogP contribution in [0.15, 0.2) is 28.9 Å². The highest BCUT2D eigenvalue weighted by Gasteiger charge is 2.07. The molecule has 0 fully saturated rings. The Kier molecular flexibility index (Phi) is 2.02. The first-order chi connectivity index (χ1) is 6.33. The first kappa shape index (κ1) is 8.26. The summed E-state index contributed by atoms with van der Waals surface area (Å²) < 4.78 is 18.2. The van der Waals surface area contributed by atoms with Crippen LogP contribution in [-0.2, 0) is 6.42 Å². The molecule has 0 aliphatic carbocycles. The number of furan rings is 1. The van der Waals surface area contributed by atoms with E-state index in [2.05, 4.69) is 0 Å². The van der Waals surface area contributed by atoms with Crippen molar-refractivity contribution in [3.05, 3.63) is 35.8 Å². The highest BCUT2D eigenvalue weighted by molar-refractivity contribution is 5.81. The fourth-order valence-electron chi connectivity index (χ4n) is 1.42. The van der Waals surface area contributed by atoms with Crippen LogP contribution in [0.5, 0.6) is 0 Å². The summed E-state index contributed by atoms with van der Waals surface area (Å²) in [5.74, 6) is -0.319. The van der Waals surface area contributed by atoms with Crippen molar-refractivity contribution in [2.45, 2.75) is 6.42 Å². The molecule has 13 heavy (non-hydrogen) atoms. The van der Waals surface area contributed by atoms with Gasteiger partial charge < -0.3 is 10.2 Å². The average molecular weight is 179 g/mol. The standard InChI is InChI=1S/C10H10FNO/c11-9-3-1-2-8-7(4-5-12)6-13-10(8)9/h1-3,6H,4-5,12H2. The van der Waals surface area contributed by atoms with E-state index in [9.17, 15) is 4.39 Å². The first-order valence-corrected chi connectivity index (χ1v) is 4.17. The fraction of sp³-hybridized carbons (Fsp3) is 0.200. The van der Waals surface area contributed by atoms with Crippen LogP contribution in [0, 0.1) is 5.82 Å². The predicted octanol–water partition coefficient (Wildman–Crippen LogP) is 2.07. The van der Waals surface area contributed by atoms with Crippen molar-refractivity contribution in [3.8, 4) is 0 Å². The summed E-state index contributed by atoms with van der Waals surface area (Å²) in [4.78, 5) is 0. The summed E-state index contributed by atoms with van der Waals surface area (Å²) >= 11 is 0. The molecule has 2 aromatic rings. The lowest BCUT2D eigenvalue weighted by atomic mass is 10.1. The topological polar surface area (TPSA) is 39.2 Å². The lowest BCUT2D eigenvalue weighted by Gasteiger charge is -1.93. The summed E-state index contributed by atoms with van der Waals surface area (Å²) in [5, 5.41) is 0.824. The molecule has 0 amide bonds.